The van der Waals surface area contributed by atoms with Crippen molar-refractivity contribution in [2.24, 2.45) is 0 Å². The number of nitrogens with zero attached hydrogens (tertiary/aromatic N) is 1. The number of rotatable bonds is 11. The number of carboxylic acids is 2. The summed E-state index contributed by atoms with van der Waals surface area (Å²) in [6, 6.07) is 0. The average molecular weight is 533 g/mol. The zero-order valence-electron chi connectivity index (χ0n) is 17.1. The first-order valence-corrected chi connectivity index (χ1v) is 10.6. The van der Waals surface area contributed by atoms with Gasteiger partial charge in [0.2, 0.25) is 0 Å². The highest BCUT2D eigenvalue weighted by molar-refractivity contribution is 9.11. The second-order valence-corrected chi connectivity index (χ2v) is 7.44. The number of aromatic nitrogens is 2. The Morgan fingerprint density at radius 3 is 2.36 bits per heavy atom. The largest absolute Gasteiger partial charge is 0.481 e. The summed E-state index contributed by atoms with van der Waals surface area (Å²) in [6.45, 7) is -0.405. The summed E-state index contributed by atoms with van der Waals surface area (Å²) >= 11 is 3.04. The number of aromatic amines is 1. The minimum absolute atomic E-state index is 0.0560. The summed E-state index contributed by atoms with van der Waals surface area (Å²) in [5.41, 5.74) is -1.29. The highest BCUT2D eigenvalue weighted by Crippen LogP contribution is 2.30. The molecule has 1 aliphatic rings. The van der Waals surface area contributed by atoms with Crippen LogP contribution >= 0.6 is 15.9 Å². The van der Waals surface area contributed by atoms with Gasteiger partial charge in [-0.1, -0.05) is 15.9 Å². The standard InChI is InChI=1S/C19H21BrN2O11/c20-6-5-10-8-22(19(30)21-18(10)29)13-7-11(33-17(28)4-2-15(25)26)12(32-13)9-31-16(27)3-1-14(23)24/h5-6,8,11-13H,1-4,7,9H2,(H,23,24)(H,25,26)(H,21,29,30)/b6-5+/t11-,12+,13+/m0/s1. The summed E-state index contributed by atoms with van der Waals surface area (Å²) in [6.07, 6.45) is -2.11. The van der Waals surface area contributed by atoms with Crippen molar-refractivity contribution >= 4 is 45.9 Å². The number of halogens is 1. The van der Waals surface area contributed by atoms with E-state index in [0.29, 0.717) is 0 Å². The third kappa shape index (κ3) is 7.98. The molecule has 0 aromatic carbocycles. The van der Waals surface area contributed by atoms with E-state index in [2.05, 4.69) is 20.9 Å². The number of hydrogen-bond donors (Lipinski definition) is 3. The zero-order valence-corrected chi connectivity index (χ0v) is 18.7. The van der Waals surface area contributed by atoms with Crippen LogP contribution in [0.3, 0.4) is 0 Å². The molecule has 1 aromatic heterocycles. The van der Waals surface area contributed by atoms with E-state index in [1.54, 1.807) is 0 Å². The van der Waals surface area contributed by atoms with E-state index < -0.39 is 79.4 Å². The maximum absolute atomic E-state index is 12.3. The smallest absolute Gasteiger partial charge is 0.330 e. The molecule has 0 radical (unpaired) electrons. The lowest BCUT2D eigenvalue weighted by Gasteiger charge is -2.18. The Morgan fingerprint density at radius 1 is 1.12 bits per heavy atom. The lowest BCUT2D eigenvalue weighted by atomic mass is 10.1. The van der Waals surface area contributed by atoms with Crippen LogP contribution < -0.4 is 11.2 Å². The fourth-order valence-electron chi connectivity index (χ4n) is 2.94. The summed E-state index contributed by atoms with van der Waals surface area (Å²) in [4.78, 5) is 72.7. The van der Waals surface area contributed by atoms with E-state index in [4.69, 9.17) is 24.4 Å². The van der Waals surface area contributed by atoms with Crippen LogP contribution in [-0.4, -0.2) is 62.5 Å². The molecule has 14 heteroatoms. The van der Waals surface area contributed by atoms with E-state index in [0.717, 1.165) is 4.57 Å². The van der Waals surface area contributed by atoms with Gasteiger partial charge in [0.05, 0.1) is 31.2 Å². The molecule has 0 amide bonds. The summed E-state index contributed by atoms with van der Waals surface area (Å²) in [5, 5.41) is 17.4. The molecule has 3 N–H and O–H groups in total. The molecule has 1 fully saturated rings. The molecule has 2 rings (SSSR count). The van der Waals surface area contributed by atoms with E-state index >= 15 is 0 Å². The van der Waals surface area contributed by atoms with E-state index in [-0.39, 0.29) is 18.4 Å². The van der Waals surface area contributed by atoms with Gasteiger partial charge in [-0.25, -0.2) is 4.79 Å². The third-order valence-electron chi connectivity index (χ3n) is 4.51. The zero-order chi connectivity index (χ0) is 24.5. The Morgan fingerprint density at radius 2 is 1.76 bits per heavy atom. The van der Waals surface area contributed by atoms with Gasteiger partial charge in [0.15, 0.2) is 0 Å². The van der Waals surface area contributed by atoms with Crippen molar-refractivity contribution in [2.45, 2.75) is 50.5 Å². The minimum Gasteiger partial charge on any atom is -0.481 e. The van der Waals surface area contributed by atoms with E-state index in [9.17, 15) is 28.8 Å². The molecule has 0 bridgehead atoms. The van der Waals surface area contributed by atoms with Gasteiger partial charge in [-0.3, -0.25) is 33.5 Å². The predicted molar refractivity (Wildman–Crippen MR) is 112 cm³/mol. The number of carbonyl (C=O) groups excluding carboxylic acids is 2. The van der Waals surface area contributed by atoms with Crippen molar-refractivity contribution in [1.82, 2.24) is 9.55 Å². The number of aliphatic carboxylic acids is 2. The van der Waals surface area contributed by atoms with Crippen LogP contribution in [-0.2, 0) is 33.4 Å². The van der Waals surface area contributed by atoms with Gasteiger partial charge in [0, 0.05) is 12.6 Å². The van der Waals surface area contributed by atoms with Crippen molar-refractivity contribution in [1.29, 1.82) is 0 Å². The number of H-pyrrole nitrogens is 1. The third-order valence-corrected chi connectivity index (χ3v) is 4.77. The van der Waals surface area contributed by atoms with Gasteiger partial charge in [-0.15, -0.1) is 0 Å². The predicted octanol–water partition coefficient (Wildman–Crippen LogP) is 0.374. The van der Waals surface area contributed by atoms with Crippen LogP contribution in [0.1, 0.15) is 43.9 Å². The molecule has 33 heavy (non-hydrogen) atoms. The summed E-state index contributed by atoms with van der Waals surface area (Å²) < 4.78 is 17.1. The van der Waals surface area contributed by atoms with Crippen molar-refractivity contribution in [3.8, 4) is 0 Å². The van der Waals surface area contributed by atoms with Crippen LogP contribution in [0.15, 0.2) is 20.8 Å². The molecule has 0 spiro atoms. The second kappa shape index (κ2) is 12.1. The van der Waals surface area contributed by atoms with Gasteiger partial charge in [-0.05, 0) is 11.1 Å². The molecule has 13 nitrogen and oxygen atoms in total. The van der Waals surface area contributed by atoms with Crippen molar-refractivity contribution in [2.75, 3.05) is 6.61 Å². The summed E-state index contributed by atoms with van der Waals surface area (Å²) in [5.74, 6) is -4.01. The molecule has 0 aliphatic carbocycles. The maximum Gasteiger partial charge on any atom is 0.330 e. The Labute approximate surface area is 194 Å². The van der Waals surface area contributed by atoms with Crippen LogP contribution in [0.5, 0.6) is 0 Å². The Balaban J connectivity index is 2.18. The first-order valence-electron chi connectivity index (χ1n) is 9.67. The number of carbonyl (C=O) groups is 4. The monoisotopic (exact) mass is 532 g/mol. The molecule has 180 valence electrons. The molecule has 1 aromatic rings. The SMILES string of the molecule is O=C(O)CCC(=O)OC[C@H]1O[C@@H](n2cc(/C=C/Br)c(=O)[nH]c2=O)C[C@@H]1OC(=O)CCC(=O)O. The van der Waals surface area contributed by atoms with Crippen LogP contribution in [0.25, 0.3) is 6.08 Å². The van der Waals surface area contributed by atoms with Crippen molar-refractivity contribution < 1.29 is 43.6 Å². The number of carboxylic acid groups (broad SMARTS) is 2. The Hall–Kier alpha value is -3.26. The molecule has 1 aliphatic heterocycles. The van der Waals surface area contributed by atoms with Crippen LogP contribution in [0.2, 0.25) is 0 Å². The Bertz CT molecular complexity index is 1040. The van der Waals surface area contributed by atoms with Crippen molar-refractivity contribution in [3.63, 3.8) is 0 Å². The van der Waals surface area contributed by atoms with Gasteiger partial charge in [-0.2, -0.15) is 0 Å². The fourth-order valence-corrected chi connectivity index (χ4v) is 3.22. The van der Waals surface area contributed by atoms with Gasteiger partial charge < -0.3 is 24.4 Å². The second-order valence-electron chi connectivity index (χ2n) is 6.91. The molecular formula is C19H21BrN2O11. The summed E-state index contributed by atoms with van der Waals surface area (Å²) in [7, 11) is 0. The number of esters is 2. The van der Waals surface area contributed by atoms with Gasteiger partial charge in [0.1, 0.15) is 25.0 Å². The quantitative estimate of drug-likeness (QED) is 0.333. The van der Waals surface area contributed by atoms with Crippen LogP contribution in [0.4, 0.5) is 0 Å². The molecule has 3 atom stereocenters. The van der Waals surface area contributed by atoms with Gasteiger partial charge >= 0.3 is 29.6 Å². The maximum atomic E-state index is 12.3. The highest BCUT2D eigenvalue weighted by atomic mass is 79.9. The molecule has 0 saturated carbocycles. The lowest BCUT2D eigenvalue weighted by Crippen LogP contribution is -2.33. The van der Waals surface area contributed by atoms with E-state index in [1.807, 2.05) is 0 Å². The van der Waals surface area contributed by atoms with Gasteiger partial charge in [0.25, 0.3) is 5.56 Å². The molecular weight excluding hydrogens is 512 g/mol. The van der Waals surface area contributed by atoms with Crippen molar-refractivity contribution in [3.05, 3.63) is 37.6 Å². The highest BCUT2D eigenvalue weighted by Gasteiger charge is 2.40. The van der Waals surface area contributed by atoms with E-state index in [1.165, 1.54) is 17.3 Å². The molecule has 2 heterocycles. The molecule has 0 unspecified atom stereocenters. The van der Waals surface area contributed by atoms with Crippen LogP contribution in [0, 0.1) is 0 Å². The first-order chi connectivity index (χ1) is 15.6. The first kappa shape index (κ1) is 26.0. The Kier molecular flexibility index (Phi) is 9.54. The average Bonchev–Trinajstić information content (AvgIpc) is 3.13. The number of nitrogens with one attached hydrogen (secondary N) is 1. The number of ether oxygens (including phenoxy) is 3. The normalized spacial score (nSPS) is 20.0. The fraction of sp³-hybridized carbons (Fsp3) is 0.474. The number of hydrogen-bond acceptors (Lipinski definition) is 9. The minimum atomic E-state index is -1.19. The topological polar surface area (TPSA) is 191 Å². The lowest BCUT2D eigenvalue weighted by molar-refractivity contribution is -0.160. The molecule has 1 saturated heterocycles.